The van der Waals surface area contributed by atoms with Crippen molar-refractivity contribution in [2.24, 2.45) is 0 Å². The van der Waals surface area contributed by atoms with E-state index in [2.05, 4.69) is 55.8 Å². The van der Waals surface area contributed by atoms with Gasteiger partial charge in [-0.05, 0) is 48.1 Å². The monoisotopic (exact) mass is 439 g/mol. The van der Waals surface area contributed by atoms with Crippen molar-refractivity contribution in [3.63, 3.8) is 0 Å². The number of aromatic nitrogens is 3. The van der Waals surface area contributed by atoms with Crippen molar-refractivity contribution < 1.29 is 0 Å². The van der Waals surface area contributed by atoms with Gasteiger partial charge in [0.25, 0.3) is 0 Å². The molecule has 2 aliphatic rings. The van der Waals surface area contributed by atoms with E-state index in [-0.39, 0.29) is 0 Å². The van der Waals surface area contributed by atoms with E-state index in [0.717, 1.165) is 60.6 Å². The fourth-order valence-corrected chi connectivity index (χ4v) is 4.73. The number of nitrogen functional groups attached to an aromatic ring is 1. The van der Waals surface area contributed by atoms with Crippen molar-refractivity contribution in [3.8, 4) is 11.3 Å². The summed E-state index contributed by atoms with van der Waals surface area (Å²) in [7, 11) is 0. The van der Waals surface area contributed by atoms with Gasteiger partial charge in [0.2, 0.25) is 5.95 Å². The van der Waals surface area contributed by atoms with Gasteiger partial charge in [0.15, 0.2) is 0 Å². The first kappa shape index (κ1) is 20.2. The molecule has 168 valence electrons. The summed E-state index contributed by atoms with van der Waals surface area (Å²) >= 11 is 0. The molecule has 2 fully saturated rings. The van der Waals surface area contributed by atoms with Crippen LogP contribution >= 0.6 is 0 Å². The average molecular weight is 440 g/mol. The summed E-state index contributed by atoms with van der Waals surface area (Å²) in [6.07, 6.45) is 6.21. The van der Waals surface area contributed by atoms with Crippen LogP contribution in [0.1, 0.15) is 29.9 Å². The highest BCUT2D eigenvalue weighted by Crippen LogP contribution is 2.41. The molecule has 2 aromatic heterocycles. The molecule has 4 aromatic rings. The lowest BCUT2D eigenvalue weighted by Gasteiger charge is -2.27. The van der Waals surface area contributed by atoms with Crippen molar-refractivity contribution in [3.05, 3.63) is 66.0 Å². The molecule has 0 unspecified atom stereocenters. The number of nitrogens with zero attached hydrogens (tertiary/aromatic N) is 3. The van der Waals surface area contributed by atoms with Crippen LogP contribution in [0, 0.1) is 0 Å². The van der Waals surface area contributed by atoms with E-state index in [4.69, 9.17) is 10.7 Å². The molecule has 0 bridgehead atoms. The lowest BCUT2D eigenvalue weighted by molar-refractivity contribution is 0.233. The summed E-state index contributed by atoms with van der Waals surface area (Å²) in [5, 5.41) is 8.00. The number of hydrogen-bond acceptors (Lipinski definition) is 6. The first-order valence-corrected chi connectivity index (χ1v) is 11.8. The third kappa shape index (κ3) is 4.29. The topological polar surface area (TPSA) is 94.9 Å². The van der Waals surface area contributed by atoms with Gasteiger partial charge < -0.3 is 21.4 Å². The zero-order chi connectivity index (χ0) is 22.2. The van der Waals surface area contributed by atoms with Gasteiger partial charge in [0, 0.05) is 61.1 Å². The number of rotatable bonds is 6. The number of aromatic amines is 1. The average Bonchev–Trinajstić information content (AvgIpc) is 3.60. The lowest BCUT2D eigenvalue weighted by Crippen LogP contribution is -2.42. The van der Waals surface area contributed by atoms with Crippen LogP contribution in [-0.2, 0) is 6.54 Å². The van der Waals surface area contributed by atoms with E-state index >= 15 is 0 Å². The van der Waals surface area contributed by atoms with E-state index < -0.39 is 0 Å². The van der Waals surface area contributed by atoms with Gasteiger partial charge in [0.1, 0.15) is 5.69 Å². The Morgan fingerprint density at radius 3 is 2.79 bits per heavy atom. The van der Waals surface area contributed by atoms with Crippen LogP contribution in [0.4, 0.5) is 17.3 Å². The Labute approximate surface area is 193 Å². The molecule has 5 N–H and O–H groups in total. The van der Waals surface area contributed by atoms with Gasteiger partial charge in [-0.15, -0.1) is 0 Å². The second-order valence-electron chi connectivity index (χ2n) is 9.13. The molecule has 2 aromatic carbocycles. The van der Waals surface area contributed by atoms with Gasteiger partial charge in [-0.1, -0.05) is 24.3 Å². The highest BCUT2D eigenvalue weighted by atomic mass is 15.2. The summed E-state index contributed by atoms with van der Waals surface area (Å²) in [6.45, 7) is 5.27. The van der Waals surface area contributed by atoms with Gasteiger partial charge in [-0.2, -0.15) is 0 Å². The predicted octanol–water partition coefficient (Wildman–Crippen LogP) is 4.23. The second kappa shape index (κ2) is 8.50. The molecule has 6 rings (SSSR count). The Morgan fingerprint density at radius 1 is 1.09 bits per heavy atom. The smallest absolute Gasteiger partial charge is 0.227 e. The normalized spacial score (nSPS) is 16.8. The first-order valence-electron chi connectivity index (χ1n) is 11.8. The van der Waals surface area contributed by atoms with Crippen LogP contribution in [0.3, 0.4) is 0 Å². The lowest BCUT2D eigenvalue weighted by atomic mass is 10.0. The molecule has 3 heterocycles. The van der Waals surface area contributed by atoms with Crippen LogP contribution in [0.25, 0.3) is 22.2 Å². The molecule has 7 nitrogen and oxygen atoms in total. The number of para-hydroxylation sites is 1. The molecule has 1 aliphatic carbocycles. The molecule has 1 saturated carbocycles. The van der Waals surface area contributed by atoms with Crippen LogP contribution in [0.5, 0.6) is 0 Å². The zero-order valence-corrected chi connectivity index (χ0v) is 18.6. The van der Waals surface area contributed by atoms with Gasteiger partial charge in [0.05, 0.1) is 11.9 Å². The number of anilines is 3. The maximum Gasteiger partial charge on any atom is 0.227 e. The Balaban J connectivity index is 1.31. The molecule has 0 amide bonds. The third-order valence-electron chi connectivity index (χ3n) is 6.60. The highest BCUT2D eigenvalue weighted by Gasteiger charge is 2.25. The number of nitrogens with two attached hydrogens (primary N) is 1. The van der Waals surface area contributed by atoms with Crippen molar-refractivity contribution in [2.45, 2.75) is 25.3 Å². The molecule has 0 spiro atoms. The summed E-state index contributed by atoms with van der Waals surface area (Å²) < 4.78 is 0. The number of fused-ring (bicyclic) bond motifs is 1. The maximum atomic E-state index is 6.29. The summed E-state index contributed by atoms with van der Waals surface area (Å²) in [6, 6.07) is 15.0. The van der Waals surface area contributed by atoms with E-state index in [1.807, 2.05) is 18.3 Å². The van der Waals surface area contributed by atoms with E-state index in [1.165, 1.54) is 24.0 Å². The number of hydrogen-bond donors (Lipinski definition) is 4. The van der Waals surface area contributed by atoms with Crippen molar-refractivity contribution in [1.82, 2.24) is 25.2 Å². The Kier molecular flexibility index (Phi) is 5.20. The number of piperazine rings is 1. The summed E-state index contributed by atoms with van der Waals surface area (Å²) in [4.78, 5) is 15.1. The molecule has 0 radical (unpaired) electrons. The highest BCUT2D eigenvalue weighted by molar-refractivity contribution is 5.97. The molecule has 1 aliphatic heterocycles. The van der Waals surface area contributed by atoms with Gasteiger partial charge >= 0.3 is 0 Å². The van der Waals surface area contributed by atoms with Crippen LogP contribution in [0.15, 0.2) is 54.9 Å². The SMILES string of the molecule is Nc1cnc(Nc2cc(CN3CCNCC3)cc(C3CC3)c2)nc1-c1c[nH]c2ccccc12. The number of benzene rings is 2. The number of H-pyrrole nitrogens is 1. The largest absolute Gasteiger partial charge is 0.396 e. The minimum Gasteiger partial charge on any atom is -0.396 e. The zero-order valence-electron chi connectivity index (χ0n) is 18.6. The van der Waals surface area contributed by atoms with Crippen molar-refractivity contribution >= 4 is 28.2 Å². The van der Waals surface area contributed by atoms with Crippen LogP contribution < -0.4 is 16.4 Å². The van der Waals surface area contributed by atoms with Gasteiger partial charge in [-0.25, -0.2) is 9.97 Å². The van der Waals surface area contributed by atoms with Crippen molar-refractivity contribution in [2.75, 3.05) is 37.2 Å². The summed E-state index contributed by atoms with van der Waals surface area (Å²) in [5.74, 6) is 1.24. The van der Waals surface area contributed by atoms with E-state index in [9.17, 15) is 0 Å². The first-order chi connectivity index (χ1) is 16.2. The fraction of sp³-hybridized carbons (Fsp3) is 0.308. The minimum atomic E-state index is 0.561. The standard InChI is InChI=1S/C26H29N7/c27-23-15-30-26(32-25(23)22-14-29-24-4-2-1-3-21(22)24)31-20-12-17(11-19(13-20)18-5-6-18)16-33-9-7-28-8-10-33/h1-4,11-15,18,28-29H,5-10,16,27H2,(H,30,31,32). The van der Waals surface area contributed by atoms with Crippen LogP contribution in [-0.4, -0.2) is 46.0 Å². The second-order valence-corrected chi connectivity index (χ2v) is 9.13. The molecule has 7 heteroatoms. The molecular weight excluding hydrogens is 410 g/mol. The molecule has 1 saturated heterocycles. The minimum absolute atomic E-state index is 0.561. The van der Waals surface area contributed by atoms with Gasteiger partial charge in [-0.3, -0.25) is 4.90 Å². The van der Waals surface area contributed by atoms with Crippen molar-refractivity contribution in [1.29, 1.82) is 0 Å². The maximum absolute atomic E-state index is 6.29. The number of nitrogens with one attached hydrogen (secondary N) is 3. The Morgan fingerprint density at radius 2 is 1.94 bits per heavy atom. The fourth-order valence-electron chi connectivity index (χ4n) is 4.73. The summed E-state index contributed by atoms with van der Waals surface area (Å²) in [5.41, 5.74) is 13.4. The Hall–Kier alpha value is -3.42. The molecule has 33 heavy (non-hydrogen) atoms. The Bertz CT molecular complexity index is 1290. The molecular formula is C26H29N7. The van der Waals surface area contributed by atoms with Crippen LogP contribution in [0.2, 0.25) is 0 Å². The van der Waals surface area contributed by atoms with E-state index in [0.29, 0.717) is 17.6 Å². The molecule has 0 atom stereocenters. The quantitative estimate of drug-likeness (QED) is 0.359. The van der Waals surface area contributed by atoms with E-state index in [1.54, 1.807) is 6.20 Å². The third-order valence-corrected chi connectivity index (χ3v) is 6.60. The predicted molar refractivity (Wildman–Crippen MR) is 134 cm³/mol.